The number of halogens is 1. The van der Waals surface area contributed by atoms with Gasteiger partial charge in [-0.05, 0) is 48.7 Å². The minimum absolute atomic E-state index is 0.0408. The maximum atomic E-state index is 13.1. The lowest BCUT2D eigenvalue weighted by molar-refractivity contribution is -0.112. The molecule has 4 rings (SSSR count). The Kier molecular flexibility index (Phi) is 4.21. The van der Waals surface area contributed by atoms with E-state index in [1.807, 2.05) is 43.3 Å². The van der Waals surface area contributed by atoms with Gasteiger partial charge in [0.25, 0.3) is 5.91 Å². The molecule has 0 bridgehead atoms. The van der Waals surface area contributed by atoms with Gasteiger partial charge in [-0.25, -0.2) is 5.01 Å². The molecule has 0 saturated carbocycles. The van der Waals surface area contributed by atoms with E-state index in [1.54, 1.807) is 5.01 Å². The summed E-state index contributed by atoms with van der Waals surface area (Å²) in [5.74, 6) is -0.276. The lowest BCUT2D eigenvalue weighted by Gasteiger charge is -2.37. The molecule has 2 aromatic carbocycles. The summed E-state index contributed by atoms with van der Waals surface area (Å²) in [7, 11) is 0. The van der Waals surface area contributed by atoms with Crippen molar-refractivity contribution in [1.29, 1.82) is 0 Å². The number of rotatable bonds is 2. The highest BCUT2D eigenvalue weighted by Gasteiger charge is 2.50. The zero-order chi connectivity index (χ0) is 17.6. The smallest absolute Gasteiger partial charge is 0.268 e. The van der Waals surface area contributed by atoms with Crippen LogP contribution in [0.2, 0.25) is 0 Å². The average Bonchev–Trinajstić information content (AvgIpc) is 2.93. The second kappa shape index (κ2) is 6.39. The van der Waals surface area contributed by atoms with Gasteiger partial charge in [-0.1, -0.05) is 40.2 Å². The third-order valence-corrected chi connectivity index (χ3v) is 5.82. The molecule has 25 heavy (non-hydrogen) atoms. The van der Waals surface area contributed by atoms with Crippen LogP contribution in [-0.4, -0.2) is 34.8 Å². The number of nitrogens with zero attached hydrogens (tertiary/aromatic N) is 2. The van der Waals surface area contributed by atoms with Crippen LogP contribution in [-0.2, 0) is 11.2 Å². The molecular weight excluding hydrogens is 380 g/mol. The standard InChI is InChI=1S/C20H19BrN2O2/c1-13-18(12-24)19-17-11-16(21)8-7-14(17)9-10-22(19)23(13)20(25)15-5-3-2-4-6-15/h2-8,11-13,18-19H,9-10H2,1H3/t13-,18-,19+/m0/s1. The van der Waals surface area contributed by atoms with E-state index < -0.39 is 0 Å². The fourth-order valence-corrected chi connectivity index (χ4v) is 4.49. The summed E-state index contributed by atoms with van der Waals surface area (Å²) in [5.41, 5.74) is 3.06. The Hall–Kier alpha value is -1.98. The van der Waals surface area contributed by atoms with E-state index in [0.29, 0.717) is 5.56 Å². The van der Waals surface area contributed by atoms with Gasteiger partial charge in [-0.3, -0.25) is 9.80 Å². The van der Waals surface area contributed by atoms with Crippen LogP contribution in [0.3, 0.4) is 0 Å². The summed E-state index contributed by atoms with van der Waals surface area (Å²) in [6.45, 7) is 2.71. The van der Waals surface area contributed by atoms with E-state index in [9.17, 15) is 9.59 Å². The molecule has 1 amide bonds. The largest absolute Gasteiger partial charge is 0.303 e. The maximum Gasteiger partial charge on any atom is 0.268 e. The lowest BCUT2D eigenvalue weighted by Crippen LogP contribution is -2.47. The van der Waals surface area contributed by atoms with Crippen molar-refractivity contribution in [2.45, 2.75) is 25.4 Å². The monoisotopic (exact) mass is 398 g/mol. The summed E-state index contributed by atoms with van der Waals surface area (Å²) < 4.78 is 0.998. The fraction of sp³-hybridized carbons (Fsp3) is 0.300. The van der Waals surface area contributed by atoms with Gasteiger partial charge in [0.05, 0.1) is 18.0 Å². The fourth-order valence-electron chi connectivity index (χ4n) is 4.11. The molecule has 2 aliphatic heterocycles. The summed E-state index contributed by atoms with van der Waals surface area (Å²) in [6, 6.07) is 15.3. The second-order valence-electron chi connectivity index (χ2n) is 6.67. The number of carbonyl (C=O) groups is 2. The zero-order valence-corrected chi connectivity index (χ0v) is 15.5. The molecule has 0 N–H and O–H groups in total. The molecule has 0 aromatic heterocycles. The molecule has 1 saturated heterocycles. The third-order valence-electron chi connectivity index (χ3n) is 5.33. The minimum atomic E-state index is -0.235. The van der Waals surface area contributed by atoms with Crippen molar-refractivity contribution >= 4 is 28.1 Å². The van der Waals surface area contributed by atoms with Crippen molar-refractivity contribution < 1.29 is 9.59 Å². The molecule has 1 fully saturated rings. The molecule has 2 heterocycles. The Morgan fingerprint density at radius 1 is 1.20 bits per heavy atom. The van der Waals surface area contributed by atoms with Crippen LogP contribution in [0.15, 0.2) is 53.0 Å². The summed E-state index contributed by atoms with van der Waals surface area (Å²) >= 11 is 3.54. The molecule has 2 aromatic rings. The van der Waals surface area contributed by atoms with Gasteiger partial charge >= 0.3 is 0 Å². The van der Waals surface area contributed by atoms with Crippen LogP contribution in [0.5, 0.6) is 0 Å². The molecule has 0 radical (unpaired) electrons. The predicted octanol–water partition coefficient (Wildman–Crippen LogP) is 3.62. The Bertz CT molecular complexity index is 824. The number of aldehydes is 1. The third kappa shape index (κ3) is 2.62. The topological polar surface area (TPSA) is 40.6 Å². The Labute approximate surface area is 155 Å². The van der Waals surface area contributed by atoms with E-state index in [-0.39, 0.29) is 23.9 Å². The summed E-state index contributed by atoms with van der Waals surface area (Å²) in [6.07, 6.45) is 1.88. The van der Waals surface area contributed by atoms with Crippen molar-refractivity contribution in [3.63, 3.8) is 0 Å². The first-order valence-electron chi connectivity index (χ1n) is 8.50. The van der Waals surface area contributed by atoms with Gasteiger partial charge in [0, 0.05) is 16.6 Å². The number of carbonyl (C=O) groups excluding carboxylic acids is 2. The van der Waals surface area contributed by atoms with E-state index >= 15 is 0 Å². The van der Waals surface area contributed by atoms with Crippen molar-refractivity contribution in [3.8, 4) is 0 Å². The zero-order valence-electron chi connectivity index (χ0n) is 13.9. The van der Waals surface area contributed by atoms with Gasteiger partial charge in [0.1, 0.15) is 6.29 Å². The van der Waals surface area contributed by atoms with Gasteiger partial charge in [0.2, 0.25) is 0 Å². The number of benzene rings is 2. The molecule has 0 spiro atoms. The quantitative estimate of drug-likeness (QED) is 0.725. The van der Waals surface area contributed by atoms with Gasteiger partial charge in [-0.15, -0.1) is 0 Å². The first-order chi connectivity index (χ1) is 12.1. The van der Waals surface area contributed by atoms with E-state index in [0.717, 1.165) is 29.3 Å². The molecular formula is C20H19BrN2O2. The lowest BCUT2D eigenvalue weighted by atomic mass is 9.85. The van der Waals surface area contributed by atoms with Gasteiger partial charge in [0.15, 0.2) is 0 Å². The minimum Gasteiger partial charge on any atom is -0.303 e. The van der Waals surface area contributed by atoms with Crippen LogP contribution in [0.25, 0.3) is 0 Å². The van der Waals surface area contributed by atoms with Crippen molar-refractivity contribution in [2.24, 2.45) is 5.92 Å². The number of hydrogen-bond donors (Lipinski definition) is 0. The summed E-state index contributed by atoms with van der Waals surface area (Å²) in [5, 5.41) is 3.89. The molecule has 128 valence electrons. The van der Waals surface area contributed by atoms with Crippen LogP contribution in [0.4, 0.5) is 0 Å². The number of hydrogen-bond acceptors (Lipinski definition) is 3. The van der Waals surface area contributed by atoms with Gasteiger partial charge in [-0.2, -0.15) is 0 Å². The SMILES string of the molecule is C[C@H]1[C@H](C=O)[C@H]2c3cc(Br)ccc3CCN2N1C(=O)c1ccccc1. The van der Waals surface area contributed by atoms with E-state index in [2.05, 4.69) is 33.1 Å². The first kappa shape index (κ1) is 16.5. The Morgan fingerprint density at radius 2 is 1.96 bits per heavy atom. The van der Waals surface area contributed by atoms with Crippen LogP contribution < -0.4 is 0 Å². The molecule has 5 heteroatoms. The van der Waals surface area contributed by atoms with E-state index in [4.69, 9.17) is 0 Å². The molecule has 2 aliphatic rings. The van der Waals surface area contributed by atoms with Crippen molar-refractivity contribution in [3.05, 3.63) is 69.7 Å². The Balaban J connectivity index is 1.77. The highest BCUT2D eigenvalue weighted by atomic mass is 79.9. The number of amides is 1. The van der Waals surface area contributed by atoms with Crippen molar-refractivity contribution in [1.82, 2.24) is 10.0 Å². The average molecular weight is 399 g/mol. The maximum absolute atomic E-state index is 13.1. The normalized spacial score (nSPS) is 25.4. The molecule has 0 aliphatic carbocycles. The highest BCUT2D eigenvalue weighted by Crippen LogP contribution is 2.45. The molecule has 4 nitrogen and oxygen atoms in total. The Morgan fingerprint density at radius 3 is 2.68 bits per heavy atom. The second-order valence-corrected chi connectivity index (χ2v) is 7.59. The number of fused-ring (bicyclic) bond motifs is 3. The van der Waals surface area contributed by atoms with Gasteiger partial charge < -0.3 is 4.79 Å². The van der Waals surface area contributed by atoms with Crippen LogP contribution >= 0.6 is 15.9 Å². The summed E-state index contributed by atoms with van der Waals surface area (Å²) in [4.78, 5) is 25.0. The predicted molar refractivity (Wildman–Crippen MR) is 98.9 cm³/mol. The van der Waals surface area contributed by atoms with E-state index in [1.165, 1.54) is 5.56 Å². The van der Waals surface area contributed by atoms with Crippen LogP contribution in [0, 0.1) is 5.92 Å². The van der Waals surface area contributed by atoms with Crippen LogP contribution in [0.1, 0.15) is 34.5 Å². The first-order valence-corrected chi connectivity index (χ1v) is 9.30. The van der Waals surface area contributed by atoms with Crippen molar-refractivity contribution in [2.75, 3.05) is 6.54 Å². The highest BCUT2D eigenvalue weighted by molar-refractivity contribution is 9.10. The number of hydrazine groups is 1. The molecule has 3 atom stereocenters. The molecule has 0 unspecified atom stereocenters.